The number of carboxylic acids is 1. The molecule has 5 aromatic rings. The number of carbonyl (C=O) groups is 3. The highest BCUT2D eigenvalue weighted by Crippen LogP contribution is 2.42. The standard InChI is InChI=1S/C37H31NO4/c39-34(38-33(36(41)42)25-27-21-23-29(24-22-27)35(40)28-13-5-1-6-14-28)26-37(30-15-7-2-8-16-30,31-17-9-3-10-18-31)32-19-11-4-12-20-32/h1-24,33H,25-26H2,(H,38,39)(H,41,42)/t33-/m1/s1. The van der Waals surface area contributed by atoms with Crippen LogP contribution in [0.5, 0.6) is 0 Å². The Kier molecular flexibility index (Phi) is 8.69. The van der Waals surface area contributed by atoms with E-state index in [4.69, 9.17) is 0 Å². The normalized spacial score (nSPS) is 11.8. The van der Waals surface area contributed by atoms with Gasteiger partial charge in [-0.05, 0) is 22.3 Å². The summed E-state index contributed by atoms with van der Waals surface area (Å²) in [5.41, 5.74) is 3.76. The molecular formula is C37H31NO4. The summed E-state index contributed by atoms with van der Waals surface area (Å²) in [5, 5.41) is 12.8. The SMILES string of the molecule is O=C(CC(c1ccccc1)(c1ccccc1)c1ccccc1)N[C@H](Cc1ccc(C(=O)c2ccccc2)cc1)C(=O)O. The minimum atomic E-state index is -1.15. The highest BCUT2D eigenvalue weighted by atomic mass is 16.4. The topological polar surface area (TPSA) is 83.5 Å². The molecule has 0 fully saturated rings. The molecule has 1 amide bonds. The van der Waals surface area contributed by atoms with Crippen molar-refractivity contribution in [2.75, 3.05) is 0 Å². The van der Waals surface area contributed by atoms with Crippen LogP contribution in [0.2, 0.25) is 0 Å². The Balaban J connectivity index is 1.41. The van der Waals surface area contributed by atoms with Crippen molar-refractivity contribution in [1.82, 2.24) is 5.32 Å². The molecule has 0 unspecified atom stereocenters. The first-order valence-electron chi connectivity index (χ1n) is 13.8. The average molecular weight is 554 g/mol. The molecule has 0 heterocycles. The molecule has 0 aliphatic carbocycles. The smallest absolute Gasteiger partial charge is 0.326 e. The Hall–Kier alpha value is -5.29. The quantitative estimate of drug-likeness (QED) is 0.145. The van der Waals surface area contributed by atoms with Gasteiger partial charge in [0.25, 0.3) is 0 Å². The summed E-state index contributed by atoms with van der Waals surface area (Å²) < 4.78 is 0. The lowest BCUT2D eigenvalue weighted by Crippen LogP contribution is -2.45. The number of amides is 1. The van der Waals surface area contributed by atoms with Crippen LogP contribution in [-0.4, -0.2) is 28.8 Å². The van der Waals surface area contributed by atoms with Gasteiger partial charge in [0.15, 0.2) is 5.78 Å². The van der Waals surface area contributed by atoms with Crippen LogP contribution in [0.15, 0.2) is 146 Å². The fraction of sp³-hybridized carbons (Fsp3) is 0.108. The number of carboxylic acid groups (broad SMARTS) is 1. The van der Waals surface area contributed by atoms with Gasteiger partial charge in [0, 0.05) is 24.0 Å². The summed E-state index contributed by atoms with van der Waals surface area (Å²) in [6.07, 6.45) is 0.0925. The van der Waals surface area contributed by atoms with E-state index < -0.39 is 17.4 Å². The van der Waals surface area contributed by atoms with Gasteiger partial charge in [-0.15, -0.1) is 0 Å². The van der Waals surface area contributed by atoms with E-state index in [0.717, 1.165) is 16.7 Å². The van der Waals surface area contributed by atoms with E-state index in [1.165, 1.54) is 0 Å². The fourth-order valence-electron chi connectivity index (χ4n) is 5.44. The fourth-order valence-corrected chi connectivity index (χ4v) is 5.44. The third-order valence-corrected chi connectivity index (χ3v) is 7.55. The number of rotatable bonds is 11. The molecule has 2 N–H and O–H groups in total. The van der Waals surface area contributed by atoms with Gasteiger partial charge in [0.05, 0.1) is 5.41 Å². The van der Waals surface area contributed by atoms with Crippen molar-refractivity contribution in [1.29, 1.82) is 0 Å². The van der Waals surface area contributed by atoms with E-state index in [1.807, 2.05) is 109 Å². The van der Waals surface area contributed by atoms with Crippen molar-refractivity contribution >= 4 is 17.7 Å². The minimum Gasteiger partial charge on any atom is -0.480 e. The van der Waals surface area contributed by atoms with E-state index >= 15 is 0 Å². The maximum atomic E-state index is 13.8. The van der Waals surface area contributed by atoms with Gasteiger partial charge in [0.1, 0.15) is 6.04 Å². The first-order valence-corrected chi connectivity index (χ1v) is 13.8. The number of benzene rings is 5. The summed E-state index contributed by atoms with van der Waals surface area (Å²) in [4.78, 5) is 38.8. The molecule has 0 saturated heterocycles. The maximum Gasteiger partial charge on any atom is 0.326 e. The number of carbonyl (C=O) groups excluding carboxylic acids is 2. The summed E-state index contributed by atoms with van der Waals surface area (Å²) in [6.45, 7) is 0. The van der Waals surface area contributed by atoms with Crippen molar-refractivity contribution in [2.24, 2.45) is 0 Å². The van der Waals surface area contributed by atoms with Crippen LogP contribution in [0.3, 0.4) is 0 Å². The van der Waals surface area contributed by atoms with Crippen LogP contribution in [0, 0.1) is 0 Å². The van der Waals surface area contributed by atoms with E-state index in [-0.39, 0.29) is 24.5 Å². The van der Waals surface area contributed by atoms with Crippen molar-refractivity contribution < 1.29 is 19.5 Å². The van der Waals surface area contributed by atoms with Crippen molar-refractivity contribution in [2.45, 2.75) is 24.3 Å². The Morgan fingerprint density at radius 1 is 0.571 bits per heavy atom. The molecule has 0 spiro atoms. The van der Waals surface area contributed by atoms with Crippen molar-refractivity contribution in [3.63, 3.8) is 0 Å². The summed E-state index contributed by atoms with van der Waals surface area (Å²) in [6, 6.07) is 44.2. The van der Waals surface area contributed by atoms with E-state index in [2.05, 4.69) is 5.32 Å². The second-order valence-corrected chi connectivity index (χ2v) is 10.2. The lowest BCUT2D eigenvalue weighted by atomic mass is 9.67. The molecule has 5 rings (SSSR count). The molecule has 0 aromatic heterocycles. The molecule has 0 radical (unpaired) electrons. The van der Waals surface area contributed by atoms with Gasteiger partial charge in [-0.1, -0.05) is 146 Å². The molecule has 1 atom stereocenters. The van der Waals surface area contributed by atoms with Crippen molar-refractivity contribution in [3.05, 3.63) is 179 Å². The van der Waals surface area contributed by atoms with Crippen molar-refractivity contribution in [3.8, 4) is 0 Å². The van der Waals surface area contributed by atoms with Gasteiger partial charge < -0.3 is 10.4 Å². The van der Waals surface area contributed by atoms with E-state index in [9.17, 15) is 19.5 Å². The predicted octanol–water partition coefficient (Wildman–Crippen LogP) is 6.45. The first-order chi connectivity index (χ1) is 20.5. The second kappa shape index (κ2) is 12.9. The van der Waals surface area contributed by atoms with Gasteiger partial charge in [0.2, 0.25) is 5.91 Å². The highest BCUT2D eigenvalue weighted by molar-refractivity contribution is 6.08. The molecule has 0 saturated carbocycles. The van der Waals surface area contributed by atoms with Crippen LogP contribution in [0.1, 0.15) is 44.6 Å². The molecule has 0 aliphatic heterocycles. The van der Waals surface area contributed by atoms with Crippen LogP contribution in [0.25, 0.3) is 0 Å². The maximum absolute atomic E-state index is 13.8. The van der Waals surface area contributed by atoms with Crippen LogP contribution in [-0.2, 0) is 21.4 Å². The lowest BCUT2D eigenvalue weighted by molar-refractivity contribution is -0.141. The zero-order valence-electron chi connectivity index (χ0n) is 23.0. The Morgan fingerprint density at radius 3 is 1.40 bits per heavy atom. The molecule has 0 aliphatic rings. The average Bonchev–Trinajstić information content (AvgIpc) is 3.05. The van der Waals surface area contributed by atoms with Crippen LogP contribution >= 0.6 is 0 Å². The molecule has 5 aromatic carbocycles. The Morgan fingerprint density at radius 2 is 0.976 bits per heavy atom. The molecule has 42 heavy (non-hydrogen) atoms. The molecular weight excluding hydrogens is 522 g/mol. The molecule has 5 nitrogen and oxygen atoms in total. The Bertz CT molecular complexity index is 1540. The number of aliphatic carboxylic acids is 1. The predicted molar refractivity (Wildman–Crippen MR) is 163 cm³/mol. The van der Waals surface area contributed by atoms with Crippen LogP contribution in [0.4, 0.5) is 0 Å². The summed E-state index contributed by atoms with van der Waals surface area (Å²) in [5.74, 6) is -1.61. The monoisotopic (exact) mass is 553 g/mol. The second-order valence-electron chi connectivity index (χ2n) is 10.2. The molecule has 208 valence electrons. The largest absolute Gasteiger partial charge is 0.480 e. The third-order valence-electron chi connectivity index (χ3n) is 7.55. The van der Waals surface area contributed by atoms with Gasteiger partial charge >= 0.3 is 5.97 Å². The summed E-state index contributed by atoms with van der Waals surface area (Å²) in [7, 11) is 0. The summed E-state index contributed by atoms with van der Waals surface area (Å²) >= 11 is 0. The highest BCUT2D eigenvalue weighted by Gasteiger charge is 2.39. The van der Waals surface area contributed by atoms with Gasteiger partial charge in [-0.3, -0.25) is 9.59 Å². The zero-order chi connectivity index (χ0) is 29.4. The molecule has 5 heteroatoms. The third kappa shape index (κ3) is 6.21. The van der Waals surface area contributed by atoms with Gasteiger partial charge in [-0.2, -0.15) is 0 Å². The van der Waals surface area contributed by atoms with Crippen LogP contribution < -0.4 is 5.32 Å². The molecule has 0 bridgehead atoms. The number of hydrogen-bond acceptors (Lipinski definition) is 3. The minimum absolute atomic E-state index is 0.0132. The Labute approximate surface area is 245 Å². The lowest BCUT2D eigenvalue weighted by Gasteiger charge is -2.36. The number of hydrogen-bond donors (Lipinski definition) is 2. The van der Waals surface area contributed by atoms with E-state index in [0.29, 0.717) is 16.7 Å². The zero-order valence-corrected chi connectivity index (χ0v) is 23.0. The number of nitrogens with one attached hydrogen (secondary N) is 1. The van der Waals surface area contributed by atoms with Gasteiger partial charge in [-0.25, -0.2) is 4.79 Å². The first kappa shape index (κ1) is 28.2. The number of ketones is 1. The van der Waals surface area contributed by atoms with E-state index in [1.54, 1.807) is 36.4 Å².